The van der Waals surface area contributed by atoms with Crippen LogP contribution in [0.3, 0.4) is 0 Å². The summed E-state index contributed by atoms with van der Waals surface area (Å²) in [5.74, 6) is 3.07. The molecule has 0 amide bonds. The maximum absolute atomic E-state index is 5.88. The lowest BCUT2D eigenvalue weighted by Crippen LogP contribution is -2.15. The molecule has 0 heterocycles. The fourth-order valence-corrected chi connectivity index (χ4v) is 4.22. The number of aryl methyl sites for hydroxylation is 2. The molecule has 1 aromatic rings. The Bertz CT molecular complexity index is 471. The van der Waals surface area contributed by atoms with Crippen molar-refractivity contribution in [2.24, 2.45) is 11.8 Å². The zero-order valence-corrected chi connectivity index (χ0v) is 17.0. The van der Waals surface area contributed by atoms with Crippen molar-refractivity contribution in [1.29, 1.82) is 0 Å². The van der Waals surface area contributed by atoms with Crippen LogP contribution in [0.1, 0.15) is 95.6 Å². The minimum atomic E-state index is 0.845. The number of rotatable bonds is 11. The largest absolute Gasteiger partial charge is 0.493 e. The van der Waals surface area contributed by atoms with Crippen LogP contribution in [-0.2, 0) is 6.42 Å². The first kappa shape index (κ1) is 20.3. The van der Waals surface area contributed by atoms with Gasteiger partial charge in [0.05, 0.1) is 6.61 Å². The maximum atomic E-state index is 5.88. The predicted octanol–water partition coefficient (Wildman–Crippen LogP) is 7.49. The minimum Gasteiger partial charge on any atom is -0.493 e. The number of ether oxygens (including phenoxy) is 1. The molecule has 142 valence electrons. The molecule has 1 aliphatic rings. The lowest BCUT2D eigenvalue weighted by atomic mass is 9.78. The van der Waals surface area contributed by atoms with E-state index in [0.717, 1.165) is 30.6 Å². The molecule has 0 unspecified atom stereocenters. The zero-order chi connectivity index (χ0) is 17.9. The molecular formula is C24H40O. The van der Waals surface area contributed by atoms with E-state index < -0.39 is 0 Å². The van der Waals surface area contributed by atoms with E-state index >= 15 is 0 Å². The van der Waals surface area contributed by atoms with E-state index in [-0.39, 0.29) is 0 Å². The highest BCUT2D eigenvalue weighted by Gasteiger charge is 2.20. The summed E-state index contributed by atoms with van der Waals surface area (Å²) in [6.45, 7) is 7.55. The van der Waals surface area contributed by atoms with Gasteiger partial charge in [-0.05, 0) is 55.2 Å². The third kappa shape index (κ3) is 7.42. The van der Waals surface area contributed by atoms with Gasteiger partial charge in [-0.15, -0.1) is 0 Å². The van der Waals surface area contributed by atoms with Gasteiger partial charge >= 0.3 is 0 Å². The zero-order valence-electron chi connectivity index (χ0n) is 17.0. The van der Waals surface area contributed by atoms with E-state index in [2.05, 4.69) is 39.0 Å². The van der Waals surface area contributed by atoms with Gasteiger partial charge in [0.2, 0.25) is 0 Å². The molecule has 25 heavy (non-hydrogen) atoms. The molecule has 0 aliphatic heterocycles. The second-order valence-electron chi connectivity index (χ2n) is 8.22. The average Bonchev–Trinajstić information content (AvgIpc) is 2.63. The molecule has 1 aliphatic carbocycles. The minimum absolute atomic E-state index is 0.845. The smallest absolute Gasteiger partial charge is 0.122 e. The molecule has 0 spiro atoms. The third-order valence-electron chi connectivity index (χ3n) is 6.02. The Morgan fingerprint density at radius 2 is 1.56 bits per heavy atom. The van der Waals surface area contributed by atoms with E-state index in [0.29, 0.717) is 0 Å². The van der Waals surface area contributed by atoms with Crippen LogP contribution in [0.2, 0.25) is 0 Å². The fourth-order valence-electron chi connectivity index (χ4n) is 4.22. The summed E-state index contributed by atoms with van der Waals surface area (Å²) in [7, 11) is 0. The highest BCUT2D eigenvalue weighted by atomic mass is 16.5. The van der Waals surface area contributed by atoms with Crippen LogP contribution in [0, 0.1) is 18.8 Å². The van der Waals surface area contributed by atoms with Crippen molar-refractivity contribution in [3.05, 3.63) is 29.3 Å². The van der Waals surface area contributed by atoms with E-state index in [1.165, 1.54) is 81.8 Å². The Kier molecular flexibility index (Phi) is 9.43. The molecule has 0 N–H and O–H groups in total. The van der Waals surface area contributed by atoms with Crippen molar-refractivity contribution < 1.29 is 4.74 Å². The Labute approximate surface area is 156 Å². The van der Waals surface area contributed by atoms with E-state index in [1.807, 2.05) is 0 Å². The highest BCUT2D eigenvalue weighted by molar-refractivity contribution is 5.36. The SMILES string of the molecule is CCCCC[C@H]1CC[C@H](CCc2ccc(OCCCC)c(C)c2)CC1. The number of unbranched alkanes of at least 4 members (excludes halogenated alkanes) is 3. The van der Waals surface area contributed by atoms with Gasteiger partial charge in [0.1, 0.15) is 5.75 Å². The first-order valence-corrected chi connectivity index (χ1v) is 10.9. The number of hydrogen-bond donors (Lipinski definition) is 0. The summed E-state index contributed by atoms with van der Waals surface area (Å²) >= 11 is 0. The molecular weight excluding hydrogens is 304 g/mol. The van der Waals surface area contributed by atoms with Gasteiger partial charge in [0, 0.05) is 0 Å². The Morgan fingerprint density at radius 1 is 0.880 bits per heavy atom. The van der Waals surface area contributed by atoms with Gasteiger partial charge in [-0.25, -0.2) is 0 Å². The van der Waals surface area contributed by atoms with Gasteiger partial charge in [-0.2, -0.15) is 0 Å². The Balaban J connectivity index is 1.68. The molecule has 1 nitrogen and oxygen atoms in total. The van der Waals surface area contributed by atoms with Crippen LogP contribution in [0.5, 0.6) is 5.75 Å². The monoisotopic (exact) mass is 344 g/mol. The van der Waals surface area contributed by atoms with Crippen LogP contribution in [0.15, 0.2) is 18.2 Å². The van der Waals surface area contributed by atoms with Gasteiger partial charge in [0.25, 0.3) is 0 Å². The molecule has 1 heteroatoms. The second-order valence-corrected chi connectivity index (χ2v) is 8.22. The normalized spacial score (nSPS) is 20.6. The van der Waals surface area contributed by atoms with Gasteiger partial charge in [0.15, 0.2) is 0 Å². The molecule has 0 radical (unpaired) electrons. The van der Waals surface area contributed by atoms with Crippen LogP contribution in [-0.4, -0.2) is 6.61 Å². The van der Waals surface area contributed by atoms with Crippen molar-refractivity contribution in [3.8, 4) is 5.75 Å². The summed E-state index contributed by atoms with van der Waals surface area (Å²) < 4.78 is 5.88. The second kappa shape index (κ2) is 11.6. The van der Waals surface area contributed by atoms with Crippen LogP contribution in [0.25, 0.3) is 0 Å². The summed E-state index contributed by atoms with van der Waals surface area (Å²) in [6.07, 6.45) is 16.6. The predicted molar refractivity (Wildman–Crippen MR) is 109 cm³/mol. The van der Waals surface area contributed by atoms with Gasteiger partial charge in [-0.3, -0.25) is 0 Å². The van der Waals surface area contributed by atoms with Crippen molar-refractivity contribution in [2.75, 3.05) is 6.61 Å². The van der Waals surface area contributed by atoms with E-state index in [1.54, 1.807) is 0 Å². The topological polar surface area (TPSA) is 9.23 Å². The van der Waals surface area contributed by atoms with Crippen LogP contribution in [0.4, 0.5) is 0 Å². The van der Waals surface area contributed by atoms with Crippen LogP contribution >= 0.6 is 0 Å². The van der Waals surface area contributed by atoms with Crippen molar-refractivity contribution in [2.45, 2.75) is 97.8 Å². The van der Waals surface area contributed by atoms with Gasteiger partial charge in [-0.1, -0.05) is 83.8 Å². The Hall–Kier alpha value is -0.980. The number of hydrogen-bond acceptors (Lipinski definition) is 1. The van der Waals surface area contributed by atoms with Crippen LogP contribution < -0.4 is 4.74 Å². The fraction of sp³-hybridized carbons (Fsp3) is 0.750. The quantitative estimate of drug-likeness (QED) is 0.378. The average molecular weight is 345 g/mol. The summed E-state index contributed by atoms with van der Waals surface area (Å²) in [4.78, 5) is 0. The molecule has 0 bridgehead atoms. The maximum Gasteiger partial charge on any atom is 0.122 e. The molecule has 0 saturated heterocycles. The lowest BCUT2D eigenvalue weighted by Gasteiger charge is -2.28. The van der Waals surface area contributed by atoms with Crippen molar-refractivity contribution in [3.63, 3.8) is 0 Å². The summed E-state index contributed by atoms with van der Waals surface area (Å²) in [5, 5.41) is 0. The van der Waals surface area contributed by atoms with Crippen molar-refractivity contribution in [1.82, 2.24) is 0 Å². The summed E-state index contributed by atoms with van der Waals surface area (Å²) in [6, 6.07) is 6.81. The first-order chi connectivity index (χ1) is 12.2. The standard InChI is InChI=1S/C24H40O/c1-4-6-8-9-21-10-12-22(13-11-21)14-15-23-16-17-24(20(3)19-23)25-18-7-5-2/h16-17,19,21-22H,4-15,18H2,1-3H3/t21-,22-. The molecule has 1 aromatic carbocycles. The van der Waals surface area contributed by atoms with Crippen molar-refractivity contribution >= 4 is 0 Å². The highest BCUT2D eigenvalue weighted by Crippen LogP contribution is 2.34. The Morgan fingerprint density at radius 3 is 2.20 bits per heavy atom. The van der Waals surface area contributed by atoms with E-state index in [4.69, 9.17) is 4.74 Å². The molecule has 1 saturated carbocycles. The molecule has 0 atom stereocenters. The third-order valence-corrected chi connectivity index (χ3v) is 6.02. The molecule has 2 rings (SSSR count). The lowest BCUT2D eigenvalue weighted by molar-refractivity contribution is 0.249. The summed E-state index contributed by atoms with van der Waals surface area (Å²) in [5.41, 5.74) is 2.79. The first-order valence-electron chi connectivity index (χ1n) is 10.9. The van der Waals surface area contributed by atoms with Gasteiger partial charge < -0.3 is 4.74 Å². The molecule has 1 fully saturated rings. The van der Waals surface area contributed by atoms with E-state index in [9.17, 15) is 0 Å². The molecule has 0 aromatic heterocycles. The number of benzene rings is 1.